The largest absolute Gasteiger partial charge is 0.383 e. The second-order valence-electron chi connectivity index (χ2n) is 5.26. The summed E-state index contributed by atoms with van der Waals surface area (Å²) in [6, 6.07) is 3.86. The molecule has 1 saturated carbocycles. The van der Waals surface area contributed by atoms with Crippen molar-refractivity contribution in [2.75, 3.05) is 11.9 Å². The summed E-state index contributed by atoms with van der Waals surface area (Å²) >= 11 is 13.1. The maximum atomic E-state index is 6.00. The van der Waals surface area contributed by atoms with Crippen LogP contribution in [0.4, 0.5) is 5.69 Å². The molecule has 0 amide bonds. The molecule has 1 aromatic carbocycles. The van der Waals surface area contributed by atoms with Gasteiger partial charge in [-0.15, -0.1) is 0 Å². The van der Waals surface area contributed by atoms with Crippen molar-refractivity contribution < 1.29 is 0 Å². The number of benzene rings is 1. The molecule has 1 aliphatic rings. The quantitative estimate of drug-likeness (QED) is 0.652. The Balaban J connectivity index is 1.97. The Morgan fingerprint density at radius 2 is 1.94 bits per heavy atom. The van der Waals surface area contributed by atoms with E-state index in [1.54, 1.807) is 0 Å². The molecule has 0 radical (unpaired) electrons. The van der Waals surface area contributed by atoms with Gasteiger partial charge in [0.05, 0.1) is 5.69 Å². The van der Waals surface area contributed by atoms with Gasteiger partial charge in [0, 0.05) is 20.5 Å². The summed E-state index contributed by atoms with van der Waals surface area (Å²) < 4.78 is 2.04. The van der Waals surface area contributed by atoms with Gasteiger partial charge in [0.15, 0.2) is 0 Å². The van der Waals surface area contributed by atoms with Crippen molar-refractivity contribution in [1.82, 2.24) is 0 Å². The van der Waals surface area contributed by atoms with Crippen molar-refractivity contribution in [3.8, 4) is 0 Å². The van der Waals surface area contributed by atoms with Crippen molar-refractivity contribution in [3.05, 3.63) is 26.1 Å². The summed E-state index contributed by atoms with van der Waals surface area (Å²) in [5, 5.41) is 4.29. The summed E-state index contributed by atoms with van der Waals surface area (Å²) in [6.45, 7) is 3.41. The second-order valence-corrected chi connectivity index (χ2v) is 7.41. The van der Waals surface area contributed by atoms with E-state index in [0.29, 0.717) is 0 Å². The van der Waals surface area contributed by atoms with Gasteiger partial charge in [-0.1, -0.05) is 31.4 Å². The smallest absolute Gasteiger partial charge is 0.0630 e. The number of anilines is 1. The number of hydrogen-bond donors (Lipinski definition) is 1. The van der Waals surface area contributed by atoms with Gasteiger partial charge in [0.25, 0.3) is 0 Å². The van der Waals surface area contributed by atoms with Crippen LogP contribution in [0.5, 0.6) is 0 Å². The minimum Gasteiger partial charge on any atom is -0.383 e. The van der Waals surface area contributed by atoms with Gasteiger partial charge in [0.1, 0.15) is 0 Å². The summed E-state index contributed by atoms with van der Waals surface area (Å²) in [7, 11) is 0. The zero-order valence-electron chi connectivity index (χ0n) is 10.5. The molecular weight excluding hydrogens is 377 g/mol. The Kier molecular flexibility index (Phi) is 5.40. The number of rotatable bonds is 3. The van der Waals surface area contributed by atoms with Crippen LogP contribution >= 0.6 is 43.5 Å². The lowest BCUT2D eigenvalue weighted by molar-refractivity contribution is 0.293. The molecular formula is C14H18Br2ClN. The van der Waals surface area contributed by atoms with Crippen LogP contribution in [0.3, 0.4) is 0 Å². The molecule has 4 heteroatoms. The molecule has 0 heterocycles. The van der Waals surface area contributed by atoms with Crippen molar-refractivity contribution in [1.29, 1.82) is 0 Å². The van der Waals surface area contributed by atoms with E-state index in [4.69, 9.17) is 11.6 Å². The lowest BCUT2D eigenvalue weighted by atomic mass is 9.82. The van der Waals surface area contributed by atoms with E-state index in [9.17, 15) is 0 Å². The molecule has 2 atom stereocenters. The van der Waals surface area contributed by atoms with E-state index in [-0.39, 0.29) is 0 Å². The Morgan fingerprint density at radius 1 is 1.28 bits per heavy atom. The molecule has 2 rings (SSSR count). The van der Waals surface area contributed by atoms with Gasteiger partial charge in [-0.25, -0.2) is 0 Å². The summed E-state index contributed by atoms with van der Waals surface area (Å²) in [4.78, 5) is 0. The van der Waals surface area contributed by atoms with Crippen molar-refractivity contribution >= 4 is 49.1 Å². The first-order valence-electron chi connectivity index (χ1n) is 6.44. The predicted octanol–water partition coefficient (Wildman–Crippen LogP) is 6.10. The van der Waals surface area contributed by atoms with E-state index >= 15 is 0 Å². The molecule has 0 aliphatic heterocycles. The number of hydrogen-bond acceptors (Lipinski definition) is 1. The molecule has 1 aromatic rings. The van der Waals surface area contributed by atoms with Gasteiger partial charge in [-0.3, -0.25) is 0 Å². The normalized spacial score (nSPS) is 24.0. The fourth-order valence-electron chi connectivity index (χ4n) is 2.70. The standard InChI is InChI=1S/C14H18Br2ClN/c1-9-3-2-4-10(5-9)8-18-14-12(15)6-11(17)7-13(14)16/h6-7,9-10,18H,2-5,8H2,1H3. The van der Waals surface area contributed by atoms with Crippen LogP contribution in [-0.2, 0) is 0 Å². The van der Waals surface area contributed by atoms with Gasteiger partial charge >= 0.3 is 0 Å². The molecule has 0 aromatic heterocycles. The van der Waals surface area contributed by atoms with E-state index in [2.05, 4.69) is 44.1 Å². The summed E-state index contributed by atoms with van der Waals surface area (Å²) in [6.07, 6.45) is 5.46. The van der Waals surface area contributed by atoms with Crippen molar-refractivity contribution in [2.45, 2.75) is 32.6 Å². The Bertz CT molecular complexity index is 399. The third-order valence-corrected chi connectivity index (χ3v) is 5.09. The predicted molar refractivity (Wildman–Crippen MR) is 86.5 cm³/mol. The molecule has 1 nitrogen and oxygen atoms in total. The fraction of sp³-hybridized carbons (Fsp3) is 0.571. The fourth-order valence-corrected chi connectivity index (χ4v) is 4.65. The molecule has 100 valence electrons. The molecule has 0 saturated heterocycles. The molecule has 2 unspecified atom stereocenters. The Labute approximate surface area is 131 Å². The maximum Gasteiger partial charge on any atom is 0.0630 e. The maximum absolute atomic E-state index is 6.00. The van der Waals surface area contributed by atoms with Crippen LogP contribution in [0.2, 0.25) is 5.02 Å². The van der Waals surface area contributed by atoms with Crippen molar-refractivity contribution in [3.63, 3.8) is 0 Å². The van der Waals surface area contributed by atoms with Crippen LogP contribution in [0.25, 0.3) is 0 Å². The van der Waals surface area contributed by atoms with Crippen LogP contribution in [0.15, 0.2) is 21.1 Å². The van der Waals surface area contributed by atoms with Crippen molar-refractivity contribution in [2.24, 2.45) is 11.8 Å². The van der Waals surface area contributed by atoms with Crippen LogP contribution < -0.4 is 5.32 Å². The van der Waals surface area contributed by atoms with Crippen LogP contribution in [0.1, 0.15) is 32.6 Å². The van der Waals surface area contributed by atoms with Gasteiger partial charge in [-0.05, 0) is 68.7 Å². The minimum absolute atomic E-state index is 0.741. The highest BCUT2D eigenvalue weighted by atomic mass is 79.9. The first kappa shape index (κ1) is 14.7. The topological polar surface area (TPSA) is 12.0 Å². The van der Waals surface area contributed by atoms with Gasteiger partial charge < -0.3 is 5.32 Å². The van der Waals surface area contributed by atoms with E-state index in [1.807, 2.05) is 12.1 Å². The highest BCUT2D eigenvalue weighted by molar-refractivity contribution is 9.11. The number of nitrogens with one attached hydrogen (secondary N) is 1. The second kappa shape index (κ2) is 6.62. The average Bonchev–Trinajstić information content (AvgIpc) is 2.27. The third-order valence-electron chi connectivity index (χ3n) is 3.62. The zero-order chi connectivity index (χ0) is 13.1. The number of halogens is 3. The zero-order valence-corrected chi connectivity index (χ0v) is 14.4. The van der Waals surface area contributed by atoms with Gasteiger partial charge in [0.2, 0.25) is 0 Å². The highest BCUT2D eigenvalue weighted by Gasteiger charge is 2.19. The lowest BCUT2D eigenvalue weighted by Crippen LogP contribution is -2.21. The SMILES string of the molecule is CC1CCCC(CNc2c(Br)cc(Cl)cc2Br)C1. The average molecular weight is 396 g/mol. The van der Waals surface area contributed by atoms with Gasteiger partial charge in [-0.2, -0.15) is 0 Å². The Morgan fingerprint density at radius 3 is 2.56 bits per heavy atom. The third kappa shape index (κ3) is 3.88. The molecule has 1 fully saturated rings. The van der Waals surface area contributed by atoms with E-state index < -0.39 is 0 Å². The minimum atomic E-state index is 0.741. The summed E-state index contributed by atoms with van der Waals surface area (Å²) in [5.74, 6) is 1.67. The van der Waals surface area contributed by atoms with Crippen LogP contribution in [-0.4, -0.2) is 6.54 Å². The van der Waals surface area contributed by atoms with E-state index in [1.165, 1.54) is 25.7 Å². The molecule has 0 spiro atoms. The Hall–Kier alpha value is 0.270. The molecule has 18 heavy (non-hydrogen) atoms. The van der Waals surface area contributed by atoms with E-state index in [0.717, 1.165) is 38.0 Å². The molecule has 1 aliphatic carbocycles. The lowest BCUT2D eigenvalue weighted by Gasteiger charge is -2.27. The first-order valence-corrected chi connectivity index (χ1v) is 8.41. The van der Waals surface area contributed by atoms with Crippen LogP contribution in [0, 0.1) is 11.8 Å². The first-order chi connectivity index (χ1) is 8.56. The highest BCUT2D eigenvalue weighted by Crippen LogP contribution is 2.35. The molecule has 1 N–H and O–H groups in total. The molecule has 0 bridgehead atoms. The monoisotopic (exact) mass is 393 g/mol. The summed E-state index contributed by atoms with van der Waals surface area (Å²) in [5.41, 5.74) is 1.11.